The first-order valence-electron chi connectivity index (χ1n) is 7.24. The summed E-state index contributed by atoms with van der Waals surface area (Å²) in [6, 6.07) is 8.99. The average Bonchev–Trinajstić information content (AvgIpc) is 2.87. The van der Waals surface area contributed by atoms with Gasteiger partial charge in [-0.25, -0.2) is 4.79 Å². The van der Waals surface area contributed by atoms with Gasteiger partial charge in [0.25, 0.3) is 5.91 Å². The molecule has 0 spiro atoms. The highest BCUT2D eigenvalue weighted by atomic mass is 16.5. The van der Waals surface area contributed by atoms with Gasteiger partial charge in [-0.3, -0.25) is 9.69 Å². The summed E-state index contributed by atoms with van der Waals surface area (Å²) in [6.45, 7) is 1.45. The van der Waals surface area contributed by atoms with Gasteiger partial charge in [0.2, 0.25) is 0 Å². The fourth-order valence-corrected chi connectivity index (χ4v) is 2.90. The van der Waals surface area contributed by atoms with E-state index in [2.05, 4.69) is 5.32 Å². The van der Waals surface area contributed by atoms with Crippen LogP contribution in [0.2, 0.25) is 0 Å². The SMILES string of the molecule is COCCN1CC2=C(C1=O)[C@@H](c1ccccc1)NC(=O)N2C. The lowest BCUT2D eigenvalue weighted by Crippen LogP contribution is -2.45. The van der Waals surface area contributed by atoms with Gasteiger partial charge in [-0.1, -0.05) is 30.3 Å². The Labute approximate surface area is 129 Å². The first-order valence-corrected chi connectivity index (χ1v) is 7.24. The number of rotatable bonds is 4. The van der Waals surface area contributed by atoms with E-state index in [1.165, 1.54) is 4.90 Å². The second kappa shape index (κ2) is 5.81. The molecule has 0 fully saturated rings. The van der Waals surface area contributed by atoms with E-state index in [4.69, 9.17) is 4.74 Å². The lowest BCUT2D eigenvalue weighted by atomic mass is 9.96. The van der Waals surface area contributed by atoms with E-state index >= 15 is 0 Å². The van der Waals surface area contributed by atoms with E-state index in [1.54, 1.807) is 19.1 Å². The van der Waals surface area contributed by atoms with Crippen molar-refractivity contribution in [1.29, 1.82) is 0 Å². The van der Waals surface area contributed by atoms with Crippen LogP contribution < -0.4 is 5.32 Å². The van der Waals surface area contributed by atoms with Crippen LogP contribution in [0, 0.1) is 0 Å². The molecule has 6 nitrogen and oxygen atoms in total. The molecule has 2 aliphatic heterocycles. The standard InChI is InChI=1S/C16H19N3O3/c1-18-12-10-19(8-9-22-2)15(20)13(12)14(17-16(18)21)11-6-4-3-5-7-11/h3-7,14H,8-10H2,1-2H3,(H,17,21)/t14-/m1/s1. The van der Waals surface area contributed by atoms with Crippen molar-refractivity contribution in [2.45, 2.75) is 6.04 Å². The second-order valence-electron chi connectivity index (χ2n) is 5.43. The summed E-state index contributed by atoms with van der Waals surface area (Å²) < 4.78 is 5.06. The average molecular weight is 301 g/mol. The maximum Gasteiger partial charge on any atom is 0.322 e. The van der Waals surface area contributed by atoms with Gasteiger partial charge in [-0.2, -0.15) is 0 Å². The number of ether oxygens (including phenoxy) is 1. The second-order valence-corrected chi connectivity index (χ2v) is 5.43. The molecule has 0 aromatic heterocycles. The van der Waals surface area contributed by atoms with Gasteiger partial charge in [0.15, 0.2) is 0 Å². The van der Waals surface area contributed by atoms with Gasteiger partial charge in [-0.15, -0.1) is 0 Å². The smallest absolute Gasteiger partial charge is 0.322 e. The molecule has 3 amide bonds. The van der Waals surface area contributed by atoms with E-state index < -0.39 is 0 Å². The van der Waals surface area contributed by atoms with Crippen molar-refractivity contribution in [3.8, 4) is 0 Å². The number of nitrogens with zero attached hydrogens (tertiary/aromatic N) is 2. The van der Waals surface area contributed by atoms with E-state index in [9.17, 15) is 9.59 Å². The Hall–Kier alpha value is -2.34. The number of amides is 3. The van der Waals surface area contributed by atoms with Crippen LogP contribution in [-0.4, -0.2) is 55.6 Å². The Morgan fingerprint density at radius 3 is 2.68 bits per heavy atom. The molecule has 3 rings (SSSR count). The summed E-state index contributed by atoms with van der Waals surface area (Å²) >= 11 is 0. The molecule has 1 N–H and O–H groups in total. The van der Waals surface area contributed by atoms with Crippen molar-refractivity contribution >= 4 is 11.9 Å². The van der Waals surface area contributed by atoms with Crippen molar-refractivity contribution in [2.75, 3.05) is 33.9 Å². The third-order valence-electron chi connectivity index (χ3n) is 4.13. The molecule has 0 bridgehead atoms. The van der Waals surface area contributed by atoms with Gasteiger partial charge in [-0.05, 0) is 5.56 Å². The van der Waals surface area contributed by atoms with E-state index in [1.807, 2.05) is 30.3 Å². The Morgan fingerprint density at radius 1 is 1.27 bits per heavy atom. The number of likely N-dealkylation sites (N-methyl/N-ethyl adjacent to an activating group) is 1. The molecule has 0 radical (unpaired) electrons. The maximum absolute atomic E-state index is 12.7. The predicted octanol–water partition coefficient (Wildman–Crippen LogP) is 1.13. The molecule has 6 heteroatoms. The van der Waals surface area contributed by atoms with Gasteiger partial charge in [0, 0.05) is 20.7 Å². The summed E-state index contributed by atoms with van der Waals surface area (Å²) in [7, 11) is 3.30. The van der Waals surface area contributed by atoms with Crippen LogP contribution in [0.5, 0.6) is 0 Å². The van der Waals surface area contributed by atoms with Gasteiger partial charge in [0.1, 0.15) is 0 Å². The maximum atomic E-state index is 12.7. The van der Waals surface area contributed by atoms with Gasteiger partial charge >= 0.3 is 6.03 Å². The van der Waals surface area contributed by atoms with Crippen molar-refractivity contribution in [1.82, 2.24) is 15.1 Å². The Morgan fingerprint density at radius 2 is 2.00 bits per heavy atom. The molecule has 1 atom stereocenters. The molecule has 0 aliphatic carbocycles. The minimum absolute atomic E-state index is 0.0345. The third kappa shape index (κ3) is 2.35. The number of methoxy groups -OCH3 is 1. The largest absolute Gasteiger partial charge is 0.383 e. The fourth-order valence-electron chi connectivity index (χ4n) is 2.90. The molecule has 116 valence electrons. The van der Waals surface area contributed by atoms with Crippen LogP contribution in [0.3, 0.4) is 0 Å². The van der Waals surface area contributed by atoms with Crippen LogP contribution >= 0.6 is 0 Å². The Kier molecular flexibility index (Phi) is 3.85. The van der Waals surface area contributed by atoms with Crippen molar-refractivity contribution in [3.05, 3.63) is 47.2 Å². The monoisotopic (exact) mass is 301 g/mol. The van der Waals surface area contributed by atoms with Crippen molar-refractivity contribution in [3.63, 3.8) is 0 Å². The molecule has 1 aromatic carbocycles. The lowest BCUT2D eigenvalue weighted by Gasteiger charge is -2.31. The quantitative estimate of drug-likeness (QED) is 0.906. The van der Waals surface area contributed by atoms with Crippen molar-refractivity contribution in [2.24, 2.45) is 0 Å². The number of carbonyl (C=O) groups is 2. The molecule has 0 saturated heterocycles. The molecule has 2 heterocycles. The zero-order chi connectivity index (χ0) is 15.7. The minimum Gasteiger partial charge on any atom is -0.383 e. The minimum atomic E-state index is -0.389. The summed E-state index contributed by atoms with van der Waals surface area (Å²) in [5.41, 5.74) is 2.35. The zero-order valence-electron chi connectivity index (χ0n) is 12.7. The first-order chi connectivity index (χ1) is 10.6. The lowest BCUT2D eigenvalue weighted by molar-refractivity contribution is -0.126. The molecular formula is C16H19N3O3. The highest BCUT2D eigenvalue weighted by molar-refractivity contribution is 6.01. The summed E-state index contributed by atoms with van der Waals surface area (Å²) in [6.07, 6.45) is 0. The Balaban J connectivity index is 1.96. The molecule has 2 aliphatic rings. The fraction of sp³-hybridized carbons (Fsp3) is 0.375. The highest BCUT2D eigenvalue weighted by Crippen LogP contribution is 2.35. The van der Waals surface area contributed by atoms with Crippen LogP contribution in [0.15, 0.2) is 41.6 Å². The summed E-state index contributed by atoms with van der Waals surface area (Å²) in [4.78, 5) is 28.1. The molecule has 1 aromatic rings. The zero-order valence-corrected chi connectivity index (χ0v) is 12.7. The van der Waals surface area contributed by atoms with Gasteiger partial charge in [0.05, 0.1) is 30.5 Å². The number of hydrogen-bond acceptors (Lipinski definition) is 3. The molecule has 0 saturated carbocycles. The first kappa shape index (κ1) is 14.6. The number of urea groups is 1. The van der Waals surface area contributed by atoms with Crippen LogP contribution in [0.4, 0.5) is 4.79 Å². The summed E-state index contributed by atoms with van der Waals surface area (Å²) in [5.74, 6) is -0.0345. The number of nitrogens with one attached hydrogen (secondary N) is 1. The normalized spacial score (nSPS) is 21.3. The van der Waals surface area contributed by atoms with Crippen molar-refractivity contribution < 1.29 is 14.3 Å². The van der Waals surface area contributed by atoms with Crippen LogP contribution in [-0.2, 0) is 9.53 Å². The van der Waals surface area contributed by atoms with Crippen LogP contribution in [0.25, 0.3) is 0 Å². The number of carbonyl (C=O) groups excluding carboxylic acids is 2. The summed E-state index contributed by atoms with van der Waals surface area (Å²) in [5, 5.41) is 2.91. The number of benzene rings is 1. The Bertz CT molecular complexity index is 627. The van der Waals surface area contributed by atoms with E-state index in [0.717, 1.165) is 11.3 Å². The highest BCUT2D eigenvalue weighted by Gasteiger charge is 2.42. The van der Waals surface area contributed by atoms with Gasteiger partial charge < -0.3 is 15.0 Å². The molecule has 22 heavy (non-hydrogen) atoms. The van der Waals surface area contributed by atoms with Crippen LogP contribution in [0.1, 0.15) is 11.6 Å². The van der Waals surface area contributed by atoms with E-state index in [-0.39, 0.29) is 18.0 Å². The third-order valence-corrected chi connectivity index (χ3v) is 4.13. The number of hydrogen-bond donors (Lipinski definition) is 1. The predicted molar refractivity (Wildman–Crippen MR) is 81.0 cm³/mol. The molecular weight excluding hydrogens is 282 g/mol. The van der Waals surface area contributed by atoms with E-state index in [0.29, 0.717) is 25.3 Å². The molecule has 0 unspecified atom stereocenters. The topological polar surface area (TPSA) is 61.9 Å².